The number of ether oxygens (including phenoxy) is 1. The smallest absolute Gasteiger partial charge is 0.190 e. The van der Waals surface area contributed by atoms with Crippen LogP contribution in [-0.2, 0) is 0 Å². The van der Waals surface area contributed by atoms with E-state index in [2.05, 4.69) is 5.32 Å². The van der Waals surface area contributed by atoms with Crippen LogP contribution in [0.1, 0.15) is 0 Å². The maximum atomic E-state index is 7.01. The Kier molecular flexibility index (Phi) is 2.59. The van der Waals surface area contributed by atoms with Crippen LogP contribution in [0.2, 0.25) is 0 Å². The summed E-state index contributed by atoms with van der Waals surface area (Å²) < 4.78 is 4.99. The molecule has 6 N–H and O–H groups in total. The van der Waals surface area contributed by atoms with E-state index >= 15 is 0 Å². The van der Waals surface area contributed by atoms with Crippen LogP contribution in [0.3, 0.4) is 0 Å². The molecular weight excluding hydrogens is 168 g/mol. The Balaban J connectivity index is 2.94. The highest BCUT2D eigenvalue weighted by Gasteiger charge is 1.98. The minimum Gasteiger partial charge on any atom is -0.497 e. The SMILES string of the molecule is COc1cc(N)cc(NC(=N)N)c1. The summed E-state index contributed by atoms with van der Waals surface area (Å²) in [5, 5.41) is 9.64. The number of benzene rings is 1. The van der Waals surface area contributed by atoms with E-state index in [-0.39, 0.29) is 5.96 Å². The van der Waals surface area contributed by atoms with Crippen LogP contribution in [0.15, 0.2) is 18.2 Å². The van der Waals surface area contributed by atoms with E-state index in [9.17, 15) is 0 Å². The molecule has 1 aromatic carbocycles. The standard InChI is InChI=1S/C8H12N4O/c1-13-7-3-5(9)2-6(4-7)12-8(10)11/h2-4H,9H2,1H3,(H4,10,11,12). The van der Waals surface area contributed by atoms with Crippen molar-refractivity contribution >= 4 is 17.3 Å². The molecule has 0 saturated carbocycles. The van der Waals surface area contributed by atoms with Crippen molar-refractivity contribution in [3.8, 4) is 5.75 Å². The van der Waals surface area contributed by atoms with Crippen LogP contribution in [0.5, 0.6) is 5.75 Å². The number of rotatable bonds is 2. The predicted molar refractivity (Wildman–Crippen MR) is 52.9 cm³/mol. The van der Waals surface area contributed by atoms with Gasteiger partial charge in [-0.05, 0) is 6.07 Å². The maximum Gasteiger partial charge on any atom is 0.190 e. The first-order valence-electron chi connectivity index (χ1n) is 3.67. The zero-order chi connectivity index (χ0) is 9.84. The second-order valence-electron chi connectivity index (χ2n) is 2.53. The van der Waals surface area contributed by atoms with Crippen molar-refractivity contribution < 1.29 is 4.74 Å². The number of guanidine groups is 1. The van der Waals surface area contributed by atoms with Gasteiger partial charge in [0.25, 0.3) is 0 Å². The zero-order valence-corrected chi connectivity index (χ0v) is 7.29. The van der Waals surface area contributed by atoms with Crippen molar-refractivity contribution in [2.45, 2.75) is 0 Å². The molecule has 0 radical (unpaired) electrons. The lowest BCUT2D eigenvalue weighted by molar-refractivity contribution is 0.415. The molecule has 0 bridgehead atoms. The van der Waals surface area contributed by atoms with Gasteiger partial charge in [-0.1, -0.05) is 0 Å². The molecule has 70 valence electrons. The van der Waals surface area contributed by atoms with Crippen LogP contribution >= 0.6 is 0 Å². The van der Waals surface area contributed by atoms with Crippen molar-refractivity contribution in [3.05, 3.63) is 18.2 Å². The summed E-state index contributed by atoms with van der Waals surface area (Å²) in [6.07, 6.45) is 0. The van der Waals surface area contributed by atoms with Gasteiger partial charge in [0.1, 0.15) is 5.75 Å². The monoisotopic (exact) mass is 180 g/mol. The first-order valence-corrected chi connectivity index (χ1v) is 3.67. The Hall–Kier alpha value is -1.91. The van der Waals surface area contributed by atoms with Crippen LogP contribution < -0.4 is 21.5 Å². The van der Waals surface area contributed by atoms with Gasteiger partial charge in [-0.15, -0.1) is 0 Å². The Morgan fingerprint density at radius 2 is 2.15 bits per heavy atom. The van der Waals surface area contributed by atoms with Gasteiger partial charge in [0.2, 0.25) is 0 Å². The summed E-state index contributed by atoms with van der Waals surface area (Å²) in [5.74, 6) is 0.497. The molecule has 0 aliphatic rings. The van der Waals surface area contributed by atoms with E-state index in [0.29, 0.717) is 17.1 Å². The molecule has 0 aliphatic carbocycles. The summed E-state index contributed by atoms with van der Waals surface area (Å²) >= 11 is 0. The molecule has 0 unspecified atom stereocenters. The fourth-order valence-electron chi connectivity index (χ4n) is 0.968. The average molecular weight is 180 g/mol. The van der Waals surface area contributed by atoms with Crippen molar-refractivity contribution in [1.29, 1.82) is 5.41 Å². The third-order valence-corrected chi connectivity index (χ3v) is 1.44. The largest absolute Gasteiger partial charge is 0.497 e. The maximum absolute atomic E-state index is 7.01. The molecule has 1 aromatic rings. The second kappa shape index (κ2) is 3.66. The van der Waals surface area contributed by atoms with E-state index < -0.39 is 0 Å². The minimum absolute atomic E-state index is 0.132. The van der Waals surface area contributed by atoms with Gasteiger partial charge in [0.15, 0.2) is 5.96 Å². The summed E-state index contributed by atoms with van der Waals surface area (Å²) in [7, 11) is 1.55. The Morgan fingerprint density at radius 1 is 1.46 bits per heavy atom. The van der Waals surface area contributed by atoms with Gasteiger partial charge in [0, 0.05) is 23.5 Å². The third kappa shape index (κ3) is 2.55. The number of nitrogens with two attached hydrogens (primary N) is 2. The first kappa shape index (κ1) is 9.18. The molecular formula is C8H12N4O. The van der Waals surface area contributed by atoms with Gasteiger partial charge in [-0.25, -0.2) is 0 Å². The lowest BCUT2D eigenvalue weighted by atomic mass is 10.2. The molecule has 0 saturated heterocycles. The van der Waals surface area contributed by atoms with Gasteiger partial charge in [0.05, 0.1) is 7.11 Å². The van der Waals surface area contributed by atoms with Gasteiger partial charge in [-0.2, -0.15) is 0 Å². The van der Waals surface area contributed by atoms with Crippen molar-refractivity contribution in [3.63, 3.8) is 0 Å². The molecule has 5 nitrogen and oxygen atoms in total. The van der Waals surface area contributed by atoms with E-state index in [1.165, 1.54) is 0 Å². The predicted octanol–water partition coefficient (Wildman–Crippen LogP) is 0.583. The summed E-state index contributed by atoms with van der Waals surface area (Å²) in [6, 6.07) is 5.06. The number of nitrogens with one attached hydrogen (secondary N) is 2. The number of nitrogen functional groups attached to an aromatic ring is 1. The van der Waals surface area contributed by atoms with Crippen molar-refractivity contribution in [2.75, 3.05) is 18.2 Å². The van der Waals surface area contributed by atoms with E-state index in [1.807, 2.05) is 0 Å². The molecule has 0 amide bonds. The number of hydrogen-bond acceptors (Lipinski definition) is 3. The Bertz CT molecular complexity index is 324. The topological polar surface area (TPSA) is 97.1 Å². The normalized spacial score (nSPS) is 9.31. The lowest BCUT2D eigenvalue weighted by Gasteiger charge is -2.07. The summed E-state index contributed by atoms with van der Waals surface area (Å²) in [6.45, 7) is 0. The summed E-state index contributed by atoms with van der Waals surface area (Å²) in [5.41, 5.74) is 11.9. The fraction of sp³-hybridized carbons (Fsp3) is 0.125. The quantitative estimate of drug-likeness (QED) is 0.304. The minimum atomic E-state index is -0.132. The molecule has 1 rings (SSSR count). The number of hydrogen-bond donors (Lipinski definition) is 4. The average Bonchev–Trinajstić information content (AvgIpc) is 2.01. The molecule has 0 heterocycles. The second-order valence-corrected chi connectivity index (χ2v) is 2.53. The Labute approximate surface area is 76.2 Å². The lowest BCUT2D eigenvalue weighted by Crippen LogP contribution is -2.20. The third-order valence-electron chi connectivity index (χ3n) is 1.44. The van der Waals surface area contributed by atoms with Gasteiger partial charge >= 0.3 is 0 Å². The van der Waals surface area contributed by atoms with Gasteiger partial charge in [-0.3, -0.25) is 5.41 Å². The first-order chi connectivity index (χ1) is 6.11. The van der Waals surface area contributed by atoms with Crippen LogP contribution in [0.4, 0.5) is 11.4 Å². The molecule has 0 spiro atoms. The van der Waals surface area contributed by atoms with Crippen molar-refractivity contribution in [2.24, 2.45) is 5.73 Å². The zero-order valence-electron chi connectivity index (χ0n) is 7.29. The number of methoxy groups -OCH3 is 1. The van der Waals surface area contributed by atoms with Crippen LogP contribution in [-0.4, -0.2) is 13.1 Å². The molecule has 0 atom stereocenters. The highest BCUT2D eigenvalue weighted by Crippen LogP contribution is 2.21. The van der Waals surface area contributed by atoms with Crippen LogP contribution in [0, 0.1) is 5.41 Å². The molecule has 0 aromatic heterocycles. The van der Waals surface area contributed by atoms with Gasteiger partial charge < -0.3 is 21.5 Å². The fourth-order valence-corrected chi connectivity index (χ4v) is 0.968. The molecule has 13 heavy (non-hydrogen) atoms. The molecule has 0 fully saturated rings. The highest BCUT2D eigenvalue weighted by molar-refractivity contribution is 5.90. The highest BCUT2D eigenvalue weighted by atomic mass is 16.5. The van der Waals surface area contributed by atoms with E-state index in [0.717, 1.165) is 0 Å². The number of anilines is 2. The van der Waals surface area contributed by atoms with E-state index in [1.54, 1.807) is 25.3 Å². The summed E-state index contributed by atoms with van der Waals surface area (Å²) in [4.78, 5) is 0. The van der Waals surface area contributed by atoms with Crippen molar-refractivity contribution in [1.82, 2.24) is 0 Å². The Morgan fingerprint density at radius 3 is 2.69 bits per heavy atom. The van der Waals surface area contributed by atoms with E-state index in [4.69, 9.17) is 21.6 Å². The molecule has 0 aliphatic heterocycles. The van der Waals surface area contributed by atoms with Crippen LogP contribution in [0.25, 0.3) is 0 Å². The molecule has 5 heteroatoms.